The highest BCUT2D eigenvalue weighted by molar-refractivity contribution is 7.66. The number of rotatable bonds is 3. The van der Waals surface area contributed by atoms with E-state index < -0.39 is 7.14 Å². The van der Waals surface area contributed by atoms with E-state index >= 15 is 0 Å². The fourth-order valence-electron chi connectivity index (χ4n) is 2.23. The lowest BCUT2D eigenvalue weighted by Crippen LogP contribution is -2.38. The van der Waals surface area contributed by atoms with Crippen molar-refractivity contribution in [2.75, 3.05) is 13.3 Å². The Morgan fingerprint density at radius 1 is 1.47 bits per heavy atom. The van der Waals surface area contributed by atoms with E-state index in [0.717, 1.165) is 18.2 Å². The molecule has 2 unspecified atom stereocenters. The molecule has 2 nitrogen and oxygen atoms in total. The molecule has 88 valence electrons. The SMILES string of the molecule is CC1CC=C(P(C)(C)=O)C(NC(C)C)C1. The minimum absolute atomic E-state index is 0.328. The Balaban J connectivity index is 2.85. The molecule has 0 aliphatic heterocycles. The van der Waals surface area contributed by atoms with Crippen LogP contribution in [-0.2, 0) is 4.57 Å². The second kappa shape index (κ2) is 4.84. The number of hydrogen-bond donors (Lipinski definition) is 1. The topological polar surface area (TPSA) is 29.1 Å². The molecular weight excluding hydrogens is 205 g/mol. The zero-order valence-electron chi connectivity index (χ0n) is 10.6. The van der Waals surface area contributed by atoms with Gasteiger partial charge < -0.3 is 9.88 Å². The summed E-state index contributed by atoms with van der Waals surface area (Å²) in [5, 5.41) is 4.69. The predicted molar refractivity (Wildman–Crippen MR) is 68.0 cm³/mol. The van der Waals surface area contributed by atoms with Gasteiger partial charge in [-0.2, -0.15) is 0 Å². The summed E-state index contributed by atoms with van der Waals surface area (Å²) in [4.78, 5) is 0. The zero-order chi connectivity index (χ0) is 11.6. The summed E-state index contributed by atoms with van der Waals surface area (Å²) in [6.07, 6.45) is 4.40. The van der Waals surface area contributed by atoms with Crippen molar-refractivity contribution in [1.82, 2.24) is 5.32 Å². The minimum Gasteiger partial charge on any atom is -0.319 e. The van der Waals surface area contributed by atoms with Crippen molar-refractivity contribution in [3.8, 4) is 0 Å². The molecular formula is C12H24NOP. The first-order chi connectivity index (χ1) is 6.80. The summed E-state index contributed by atoms with van der Waals surface area (Å²) < 4.78 is 12.2. The molecule has 0 aromatic carbocycles. The summed E-state index contributed by atoms with van der Waals surface area (Å²) >= 11 is 0. The molecule has 0 spiro atoms. The van der Waals surface area contributed by atoms with Crippen molar-refractivity contribution >= 4 is 7.14 Å². The van der Waals surface area contributed by atoms with E-state index in [2.05, 4.69) is 32.2 Å². The third-order valence-corrected chi connectivity index (χ3v) is 4.62. The summed E-state index contributed by atoms with van der Waals surface area (Å²) in [5.74, 6) is 0.705. The summed E-state index contributed by atoms with van der Waals surface area (Å²) in [5.41, 5.74) is 0. The van der Waals surface area contributed by atoms with Crippen molar-refractivity contribution in [3.63, 3.8) is 0 Å². The molecule has 0 heterocycles. The first-order valence-corrected chi connectivity index (χ1v) is 8.42. The standard InChI is InChI=1S/C12H24NOP/c1-9(2)13-11-8-10(3)6-7-12(11)15(4,5)14/h7,9-11,13H,6,8H2,1-5H3. The van der Waals surface area contributed by atoms with Gasteiger partial charge in [-0.25, -0.2) is 0 Å². The van der Waals surface area contributed by atoms with Crippen LogP contribution in [0.2, 0.25) is 0 Å². The first-order valence-electron chi connectivity index (χ1n) is 5.82. The zero-order valence-corrected chi connectivity index (χ0v) is 11.5. The summed E-state index contributed by atoms with van der Waals surface area (Å²) in [7, 11) is -2.08. The van der Waals surface area contributed by atoms with Crippen LogP contribution in [0.5, 0.6) is 0 Å². The second-order valence-electron chi connectivity index (χ2n) is 5.43. The minimum atomic E-state index is -2.08. The molecule has 1 aliphatic carbocycles. The molecule has 0 saturated heterocycles. The molecule has 0 fully saturated rings. The van der Waals surface area contributed by atoms with Gasteiger partial charge in [0, 0.05) is 17.4 Å². The van der Waals surface area contributed by atoms with E-state index in [1.165, 1.54) is 0 Å². The third kappa shape index (κ3) is 3.77. The average molecular weight is 229 g/mol. The number of allylic oxidation sites excluding steroid dienone is 1. The van der Waals surface area contributed by atoms with Crippen LogP contribution in [0.3, 0.4) is 0 Å². The Morgan fingerprint density at radius 3 is 2.53 bits per heavy atom. The normalized spacial score (nSPS) is 28.0. The Kier molecular flexibility index (Phi) is 4.20. The van der Waals surface area contributed by atoms with E-state index in [4.69, 9.17) is 0 Å². The Labute approximate surface area is 93.9 Å². The smallest absolute Gasteiger partial charge is 0.107 e. The highest BCUT2D eigenvalue weighted by atomic mass is 31.2. The van der Waals surface area contributed by atoms with Crippen LogP contribution >= 0.6 is 7.14 Å². The van der Waals surface area contributed by atoms with Crippen molar-refractivity contribution in [2.24, 2.45) is 5.92 Å². The molecule has 2 atom stereocenters. The fraction of sp³-hybridized carbons (Fsp3) is 0.833. The average Bonchev–Trinajstić information content (AvgIpc) is 1.99. The van der Waals surface area contributed by atoms with Gasteiger partial charge in [0.1, 0.15) is 7.14 Å². The second-order valence-corrected chi connectivity index (χ2v) is 8.65. The molecule has 15 heavy (non-hydrogen) atoms. The molecule has 0 saturated carbocycles. The van der Waals surface area contributed by atoms with Crippen molar-refractivity contribution in [1.29, 1.82) is 0 Å². The lowest BCUT2D eigenvalue weighted by atomic mass is 9.92. The maximum Gasteiger partial charge on any atom is 0.107 e. The molecule has 0 aromatic rings. The Morgan fingerprint density at radius 2 is 2.07 bits per heavy atom. The van der Waals surface area contributed by atoms with Crippen LogP contribution in [0.25, 0.3) is 0 Å². The van der Waals surface area contributed by atoms with Crippen LogP contribution in [0.1, 0.15) is 33.6 Å². The number of hydrogen-bond acceptors (Lipinski definition) is 2. The highest BCUT2D eigenvalue weighted by Gasteiger charge is 2.28. The maximum absolute atomic E-state index is 12.2. The van der Waals surface area contributed by atoms with Crippen LogP contribution in [0, 0.1) is 5.92 Å². The lowest BCUT2D eigenvalue weighted by molar-refractivity contribution is 0.401. The molecule has 0 radical (unpaired) electrons. The number of nitrogens with one attached hydrogen (secondary N) is 1. The monoisotopic (exact) mass is 229 g/mol. The fourth-order valence-corrected chi connectivity index (χ4v) is 3.71. The molecule has 3 heteroatoms. The van der Waals surface area contributed by atoms with Crippen LogP contribution < -0.4 is 5.32 Å². The predicted octanol–water partition coefficient (Wildman–Crippen LogP) is 3.29. The van der Waals surface area contributed by atoms with Crippen molar-refractivity contribution in [2.45, 2.75) is 45.7 Å². The van der Waals surface area contributed by atoms with Crippen LogP contribution in [0.15, 0.2) is 11.4 Å². The van der Waals surface area contributed by atoms with E-state index in [1.807, 2.05) is 13.3 Å². The van der Waals surface area contributed by atoms with Gasteiger partial charge in [0.2, 0.25) is 0 Å². The molecule has 1 rings (SSSR count). The third-order valence-electron chi connectivity index (χ3n) is 2.88. The maximum atomic E-state index is 12.2. The van der Waals surface area contributed by atoms with Crippen LogP contribution in [-0.4, -0.2) is 25.4 Å². The summed E-state index contributed by atoms with van der Waals surface area (Å²) in [6.45, 7) is 10.3. The molecule has 0 aromatic heterocycles. The quantitative estimate of drug-likeness (QED) is 0.752. The van der Waals surface area contributed by atoms with E-state index in [1.54, 1.807) is 0 Å². The van der Waals surface area contributed by atoms with Gasteiger partial charge in [-0.3, -0.25) is 0 Å². The largest absolute Gasteiger partial charge is 0.319 e. The van der Waals surface area contributed by atoms with Gasteiger partial charge in [-0.1, -0.05) is 26.8 Å². The van der Waals surface area contributed by atoms with E-state index in [0.29, 0.717) is 18.0 Å². The van der Waals surface area contributed by atoms with Crippen molar-refractivity contribution < 1.29 is 4.57 Å². The van der Waals surface area contributed by atoms with Gasteiger partial charge in [0.25, 0.3) is 0 Å². The van der Waals surface area contributed by atoms with Gasteiger partial charge in [-0.05, 0) is 32.1 Å². The molecule has 1 aliphatic rings. The van der Waals surface area contributed by atoms with E-state index in [9.17, 15) is 4.57 Å². The Bertz CT molecular complexity index is 290. The van der Waals surface area contributed by atoms with Gasteiger partial charge in [0.15, 0.2) is 0 Å². The summed E-state index contributed by atoms with van der Waals surface area (Å²) in [6, 6.07) is 0.782. The lowest BCUT2D eigenvalue weighted by Gasteiger charge is -2.32. The van der Waals surface area contributed by atoms with Gasteiger partial charge in [-0.15, -0.1) is 0 Å². The molecule has 0 bridgehead atoms. The van der Waals surface area contributed by atoms with E-state index in [-0.39, 0.29) is 0 Å². The highest BCUT2D eigenvalue weighted by Crippen LogP contribution is 2.50. The van der Waals surface area contributed by atoms with Crippen LogP contribution in [0.4, 0.5) is 0 Å². The van der Waals surface area contributed by atoms with Gasteiger partial charge in [0.05, 0.1) is 0 Å². The molecule has 0 amide bonds. The van der Waals surface area contributed by atoms with Gasteiger partial charge >= 0.3 is 0 Å². The molecule has 1 N–H and O–H groups in total. The Hall–Kier alpha value is -0.0700. The first kappa shape index (κ1) is 13.0. The van der Waals surface area contributed by atoms with Crippen molar-refractivity contribution in [3.05, 3.63) is 11.4 Å².